The fourth-order valence-electron chi connectivity index (χ4n) is 1.60. The lowest BCUT2D eigenvalue weighted by Crippen LogP contribution is -2.14. The molecular weight excluding hydrogens is 268 g/mol. The number of phenols is 1. The third-order valence-corrected chi connectivity index (χ3v) is 2.62. The number of aromatic hydroxyl groups is 1. The van der Waals surface area contributed by atoms with Crippen LogP contribution in [0, 0.1) is 11.6 Å². The Kier molecular flexibility index (Phi) is 3.84. The predicted molar refractivity (Wildman–Crippen MR) is 69.0 cm³/mol. The third-order valence-electron chi connectivity index (χ3n) is 2.62. The number of hydrogen-bond donors (Lipinski definition) is 2. The molecule has 6 heteroatoms. The molecule has 0 spiro atoms. The summed E-state index contributed by atoms with van der Waals surface area (Å²) in [6.07, 6.45) is 0. The lowest BCUT2D eigenvalue weighted by Gasteiger charge is -2.09. The van der Waals surface area contributed by atoms with Gasteiger partial charge in [0.05, 0.1) is 18.4 Å². The van der Waals surface area contributed by atoms with Crippen molar-refractivity contribution in [2.24, 2.45) is 0 Å². The molecule has 2 aromatic carbocycles. The average molecular weight is 279 g/mol. The smallest absolute Gasteiger partial charge is 0.258 e. The van der Waals surface area contributed by atoms with Gasteiger partial charge in [-0.1, -0.05) is 0 Å². The lowest BCUT2D eigenvalue weighted by molar-refractivity contribution is 0.102. The molecule has 2 rings (SSSR count). The van der Waals surface area contributed by atoms with Gasteiger partial charge in [-0.15, -0.1) is 0 Å². The maximum absolute atomic E-state index is 13.5. The predicted octanol–water partition coefficient (Wildman–Crippen LogP) is 2.93. The van der Waals surface area contributed by atoms with Crippen LogP contribution in [0.4, 0.5) is 14.5 Å². The number of amides is 1. The van der Waals surface area contributed by atoms with E-state index < -0.39 is 17.5 Å². The first-order valence-corrected chi connectivity index (χ1v) is 5.64. The minimum absolute atomic E-state index is 0.123. The number of nitrogens with one attached hydrogen (secondary N) is 1. The zero-order valence-corrected chi connectivity index (χ0v) is 10.5. The van der Waals surface area contributed by atoms with Crippen molar-refractivity contribution in [2.75, 3.05) is 12.4 Å². The summed E-state index contributed by atoms with van der Waals surface area (Å²) < 4.78 is 32.0. The Bertz CT molecular complexity index is 659. The van der Waals surface area contributed by atoms with E-state index in [-0.39, 0.29) is 17.0 Å². The van der Waals surface area contributed by atoms with Gasteiger partial charge in [0, 0.05) is 12.1 Å². The Hall–Kier alpha value is -2.63. The summed E-state index contributed by atoms with van der Waals surface area (Å²) in [7, 11) is 1.40. The van der Waals surface area contributed by atoms with E-state index in [1.165, 1.54) is 25.3 Å². The van der Waals surface area contributed by atoms with E-state index >= 15 is 0 Å². The highest BCUT2D eigenvalue weighted by Gasteiger charge is 2.14. The molecule has 0 aliphatic heterocycles. The van der Waals surface area contributed by atoms with Gasteiger partial charge in [0.15, 0.2) is 0 Å². The molecule has 104 valence electrons. The van der Waals surface area contributed by atoms with Crippen molar-refractivity contribution in [3.63, 3.8) is 0 Å². The molecule has 4 nitrogen and oxygen atoms in total. The lowest BCUT2D eigenvalue weighted by atomic mass is 10.2. The van der Waals surface area contributed by atoms with Crippen LogP contribution in [0.3, 0.4) is 0 Å². The molecule has 2 N–H and O–H groups in total. The van der Waals surface area contributed by atoms with Crippen LogP contribution in [-0.4, -0.2) is 18.1 Å². The molecule has 0 aromatic heterocycles. The third kappa shape index (κ3) is 2.85. The summed E-state index contributed by atoms with van der Waals surface area (Å²) in [5.41, 5.74) is -0.424. The monoisotopic (exact) mass is 279 g/mol. The van der Waals surface area contributed by atoms with Crippen LogP contribution in [0.5, 0.6) is 11.5 Å². The number of methoxy groups -OCH3 is 1. The van der Waals surface area contributed by atoms with Gasteiger partial charge < -0.3 is 15.2 Å². The van der Waals surface area contributed by atoms with Crippen molar-refractivity contribution >= 4 is 11.6 Å². The topological polar surface area (TPSA) is 58.6 Å². The number of hydrogen-bond acceptors (Lipinski definition) is 3. The molecule has 0 saturated carbocycles. The van der Waals surface area contributed by atoms with Gasteiger partial charge in [0.25, 0.3) is 5.91 Å². The Labute approximate surface area is 113 Å². The Morgan fingerprint density at radius 1 is 1.15 bits per heavy atom. The number of benzene rings is 2. The number of anilines is 1. The first-order valence-electron chi connectivity index (χ1n) is 5.64. The zero-order valence-electron chi connectivity index (χ0n) is 10.5. The first kappa shape index (κ1) is 13.8. The van der Waals surface area contributed by atoms with E-state index in [4.69, 9.17) is 9.84 Å². The van der Waals surface area contributed by atoms with E-state index in [0.29, 0.717) is 5.75 Å². The van der Waals surface area contributed by atoms with Gasteiger partial charge in [-0.25, -0.2) is 8.78 Å². The number of ether oxygens (including phenoxy) is 1. The highest BCUT2D eigenvalue weighted by atomic mass is 19.1. The maximum atomic E-state index is 13.5. The summed E-state index contributed by atoms with van der Waals surface area (Å²) in [5, 5.41) is 11.3. The quantitative estimate of drug-likeness (QED) is 0.908. The average Bonchev–Trinajstić information content (AvgIpc) is 2.41. The number of carbonyl (C=O) groups excluding carboxylic acids is 1. The van der Waals surface area contributed by atoms with Crippen molar-refractivity contribution < 1.29 is 23.4 Å². The molecule has 0 heterocycles. The van der Waals surface area contributed by atoms with Gasteiger partial charge >= 0.3 is 0 Å². The fraction of sp³-hybridized carbons (Fsp3) is 0.0714. The highest BCUT2D eigenvalue weighted by molar-refractivity contribution is 6.04. The highest BCUT2D eigenvalue weighted by Crippen LogP contribution is 2.22. The fourth-order valence-corrected chi connectivity index (χ4v) is 1.60. The molecule has 0 aliphatic rings. The zero-order chi connectivity index (χ0) is 14.7. The SMILES string of the molecule is COc1ccc(F)c(NC(=O)c2ccc(O)cc2F)c1. The molecule has 20 heavy (non-hydrogen) atoms. The van der Waals surface area contributed by atoms with Crippen LogP contribution in [0.15, 0.2) is 36.4 Å². The van der Waals surface area contributed by atoms with E-state index in [0.717, 1.165) is 18.2 Å². The van der Waals surface area contributed by atoms with Crippen LogP contribution in [-0.2, 0) is 0 Å². The molecular formula is C14H11F2NO3. The van der Waals surface area contributed by atoms with E-state index in [2.05, 4.69) is 5.32 Å². The summed E-state index contributed by atoms with van der Waals surface area (Å²) >= 11 is 0. The van der Waals surface area contributed by atoms with Crippen molar-refractivity contribution in [3.8, 4) is 11.5 Å². The van der Waals surface area contributed by atoms with E-state index in [1.807, 2.05) is 0 Å². The van der Waals surface area contributed by atoms with Crippen molar-refractivity contribution in [2.45, 2.75) is 0 Å². The standard InChI is InChI=1S/C14H11F2NO3/c1-20-9-3-5-11(15)13(7-9)17-14(19)10-4-2-8(18)6-12(10)16/h2-7,18H,1H3,(H,17,19). The number of phenolic OH excluding ortho intramolecular Hbond substituents is 1. The van der Waals surface area contributed by atoms with E-state index in [1.54, 1.807) is 0 Å². The molecule has 0 atom stereocenters. The second-order valence-corrected chi connectivity index (χ2v) is 3.96. The van der Waals surface area contributed by atoms with Crippen molar-refractivity contribution in [3.05, 3.63) is 53.6 Å². The first-order chi connectivity index (χ1) is 9.51. The van der Waals surface area contributed by atoms with Crippen LogP contribution in [0.25, 0.3) is 0 Å². The summed E-state index contributed by atoms with van der Waals surface area (Å²) in [5.74, 6) is -2.33. The second kappa shape index (κ2) is 5.56. The normalized spacial score (nSPS) is 10.2. The minimum atomic E-state index is -0.897. The van der Waals surface area contributed by atoms with Crippen molar-refractivity contribution in [1.29, 1.82) is 0 Å². The molecule has 0 radical (unpaired) electrons. The Morgan fingerprint density at radius 2 is 1.90 bits per heavy atom. The summed E-state index contributed by atoms with van der Waals surface area (Å²) in [4.78, 5) is 11.9. The van der Waals surface area contributed by atoms with Gasteiger partial charge in [-0.2, -0.15) is 0 Å². The molecule has 1 amide bonds. The summed E-state index contributed by atoms with van der Waals surface area (Å²) in [6, 6.07) is 6.88. The summed E-state index contributed by atoms with van der Waals surface area (Å²) in [6.45, 7) is 0. The maximum Gasteiger partial charge on any atom is 0.258 e. The second-order valence-electron chi connectivity index (χ2n) is 3.96. The van der Waals surface area contributed by atoms with Gasteiger partial charge in [-0.05, 0) is 24.3 Å². The van der Waals surface area contributed by atoms with Crippen molar-refractivity contribution in [1.82, 2.24) is 0 Å². The van der Waals surface area contributed by atoms with Crippen LogP contribution >= 0.6 is 0 Å². The molecule has 0 fully saturated rings. The Morgan fingerprint density at radius 3 is 2.55 bits per heavy atom. The minimum Gasteiger partial charge on any atom is -0.508 e. The van der Waals surface area contributed by atoms with Gasteiger partial charge in [0.2, 0.25) is 0 Å². The van der Waals surface area contributed by atoms with E-state index in [9.17, 15) is 13.6 Å². The Balaban J connectivity index is 2.27. The van der Waals surface area contributed by atoms with Crippen LogP contribution in [0.2, 0.25) is 0 Å². The van der Waals surface area contributed by atoms with Gasteiger partial charge in [-0.3, -0.25) is 4.79 Å². The molecule has 0 aliphatic carbocycles. The number of rotatable bonds is 3. The largest absolute Gasteiger partial charge is 0.508 e. The van der Waals surface area contributed by atoms with Crippen LogP contribution < -0.4 is 10.1 Å². The van der Waals surface area contributed by atoms with Crippen LogP contribution in [0.1, 0.15) is 10.4 Å². The molecule has 0 unspecified atom stereocenters. The molecule has 0 saturated heterocycles. The molecule has 2 aromatic rings. The molecule has 0 bridgehead atoms. The number of halogens is 2. The van der Waals surface area contributed by atoms with Gasteiger partial charge in [0.1, 0.15) is 23.1 Å². The number of carbonyl (C=O) groups is 1.